The minimum absolute atomic E-state index is 0.553. The molecule has 3 heteroatoms. The van der Waals surface area contributed by atoms with Gasteiger partial charge in [-0.05, 0) is 24.6 Å². The highest BCUT2D eigenvalue weighted by Gasteiger charge is 2.01. The lowest BCUT2D eigenvalue weighted by atomic mass is 10.1. The van der Waals surface area contributed by atoms with Crippen LogP contribution in [0, 0.1) is 0 Å². The third-order valence-electron chi connectivity index (χ3n) is 1.88. The molecule has 1 aromatic heterocycles. The lowest BCUT2D eigenvalue weighted by Crippen LogP contribution is -1.78. The molecule has 0 fully saturated rings. The Morgan fingerprint density at radius 1 is 1.21 bits per heavy atom. The van der Waals surface area contributed by atoms with Gasteiger partial charge in [-0.15, -0.1) is 10.2 Å². The van der Waals surface area contributed by atoms with Crippen molar-refractivity contribution in [1.29, 1.82) is 0 Å². The normalized spacial score (nSPS) is 10.9. The molecule has 14 heavy (non-hydrogen) atoms. The van der Waals surface area contributed by atoms with Gasteiger partial charge in [-0.1, -0.05) is 24.3 Å². The van der Waals surface area contributed by atoms with E-state index in [0.717, 1.165) is 11.1 Å². The molecule has 3 nitrogen and oxygen atoms in total. The van der Waals surface area contributed by atoms with E-state index in [4.69, 9.17) is 4.42 Å². The van der Waals surface area contributed by atoms with Crippen molar-refractivity contribution in [3.8, 4) is 11.5 Å². The summed E-state index contributed by atoms with van der Waals surface area (Å²) >= 11 is 0. The van der Waals surface area contributed by atoms with Crippen LogP contribution in [-0.4, -0.2) is 10.2 Å². The SMILES string of the molecule is C/C=C/c1ccc(-c2nnco2)cc1. The Labute approximate surface area is 82.1 Å². The first kappa shape index (κ1) is 8.69. The summed E-state index contributed by atoms with van der Waals surface area (Å²) in [6, 6.07) is 7.95. The second-order valence-electron chi connectivity index (χ2n) is 2.87. The largest absolute Gasteiger partial charge is 0.423 e. The molecule has 0 saturated heterocycles. The van der Waals surface area contributed by atoms with Crippen LogP contribution >= 0.6 is 0 Å². The predicted octanol–water partition coefficient (Wildman–Crippen LogP) is 2.77. The van der Waals surface area contributed by atoms with Gasteiger partial charge in [0.25, 0.3) is 0 Å². The molecular weight excluding hydrogens is 176 g/mol. The van der Waals surface area contributed by atoms with Gasteiger partial charge in [0.2, 0.25) is 12.3 Å². The zero-order valence-corrected chi connectivity index (χ0v) is 7.84. The van der Waals surface area contributed by atoms with Crippen LogP contribution in [0.5, 0.6) is 0 Å². The third kappa shape index (κ3) is 1.71. The standard InChI is InChI=1S/C11H10N2O/c1-2-3-9-4-6-10(7-5-9)11-13-12-8-14-11/h2-8H,1H3/b3-2+. The van der Waals surface area contributed by atoms with Gasteiger partial charge in [-0.3, -0.25) is 0 Å². The second kappa shape index (κ2) is 3.87. The number of nitrogens with zero attached hydrogens (tertiary/aromatic N) is 2. The summed E-state index contributed by atoms with van der Waals surface area (Å²) in [5, 5.41) is 7.45. The van der Waals surface area contributed by atoms with E-state index >= 15 is 0 Å². The van der Waals surface area contributed by atoms with Gasteiger partial charge in [0, 0.05) is 5.56 Å². The van der Waals surface area contributed by atoms with E-state index in [1.165, 1.54) is 6.39 Å². The molecule has 2 rings (SSSR count). The van der Waals surface area contributed by atoms with Crippen LogP contribution < -0.4 is 0 Å². The Morgan fingerprint density at radius 3 is 2.57 bits per heavy atom. The average Bonchev–Trinajstić information content (AvgIpc) is 2.72. The van der Waals surface area contributed by atoms with Crippen molar-refractivity contribution < 1.29 is 4.42 Å². The molecule has 0 bridgehead atoms. The minimum atomic E-state index is 0.553. The Morgan fingerprint density at radius 2 is 2.00 bits per heavy atom. The Kier molecular flexibility index (Phi) is 2.40. The lowest BCUT2D eigenvalue weighted by Gasteiger charge is -1.95. The summed E-state index contributed by atoms with van der Waals surface area (Å²) in [7, 11) is 0. The highest BCUT2D eigenvalue weighted by Crippen LogP contribution is 2.16. The maximum Gasteiger partial charge on any atom is 0.247 e. The topological polar surface area (TPSA) is 38.9 Å². The molecule has 1 heterocycles. The molecule has 0 saturated carbocycles. The third-order valence-corrected chi connectivity index (χ3v) is 1.88. The van der Waals surface area contributed by atoms with Crippen LogP contribution in [0.15, 0.2) is 41.2 Å². The van der Waals surface area contributed by atoms with Gasteiger partial charge in [-0.2, -0.15) is 0 Å². The van der Waals surface area contributed by atoms with Crippen LogP contribution in [0.4, 0.5) is 0 Å². The van der Waals surface area contributed by atoms with Crippen LogP contribution in [0.25, 0.3) is 17.5 Å². The maximum absolute atomic E-state index is 5.08. The van der Waals surface area contributed by atoms with E-state index in [1.54, 1.807) is 0 Å². The number of hydrogen-bond acceptors (Lipinski definition) is 3. The van der Waals surface area contributed by atoms with E-state index in [2.05, 4.69) is 10.2 Å². The lowest BCUT2D eigenvalue weighted by molar-refractivity contribution is 0.568. The Balaban J connectivity index is 2.31. The number of aromatic nitrogens is 2. The fourth-order valence-corrected chi connectivity index (χ4v) is 1.23. The molecule has 0 atom stereocenters. The van der Waals surface area contributed by atoms with Crippen LogP contribution in [0.1, 0.15) is 12.5 Å². The molecular formula is C11H10N2O. The number of benzene rings is 1. The molecule has 0 spiro atoms. The first-order valence-electron chi connectivity index (χ1n) is 4.39. The predicted molar refractivity (Wildman–Crippen MR) is 54.4 cm³/mol. The molecule has 2 aromatic rings. The van der Waals surface area contributed by atoms with Gasteiger partial charge in [0.15, 0.2) is 0 Å². The van der Waals surface area contributed by atoms with Crippen molar-refractivity contribution in [3.05, 3.63) is 42.3 Å². The van der Waals surface area contributed by atoms with Crippen molar-refractivity contribution in [2.45, 2.75) is 6.92 Å². The van der Waals surface area contributed by atoms with Gasteiger partial charge >= 0.3 is 0 Å². The molecule has 0 unspecified atom stereocenters. The highest BCUT2D eigenvalue weighted by atomic mass is 16.4. The molecule has 0 radical (unpaired) electrons. The summed E-state index contributed by atoms with van der Waals surface area (Å²) in [6.07, 6.45) is 5.37. The number of allylic oxidation sites excluding steroid dienone is 1. The van der Waals surface area contributed by atoms with Gasteiger partial charge in [-0.25, -0.2) is 0 Å². The van der Waals surface area contributed by atoms with Crippen molar-refractivity contribution in [2.24, 2.45) is 0 Å². The minimum Gasteiger partial charge on any atom is -0.423 e. The summed E-state index contributed by atoms with van der Waals surface area (Å²) in [4.78, 5) is 0. The number of rotatable bonds is 2. The molecule has 0 aliphatic carbocycles. The Hall–Kier alpha value is -1.90. The van der Waals surface area contributed by atoms with Gasteiger partial charge in [0.1, 0.15) is 0 Å². The van der Waals surface area contributed by atoms with Gasteiger partial charge in [0.05, 0.1) is 0 Å². The smallest absolute Gasteiger partial charge is 0.247 e. The van der Waals surface area contributed by atoms with E-state index in [9.17, 15) is 0 Å². The van der Waals surface area contributed by atoms with Crippen molar-refractivity contribution >= 4 is 6.08 Å². The van der Waals surface area contributed by atoms with Crippen LogP contribution in [0.3, 0.4) is 0 Å². The zero-order valence-electron chi connectivity index (χ0n) is 7.84. The highest BCUT2D eigenvalue weighted by molar-refractivity contribution is 5.58. The second-order valence-corrected chi connectivity index (χ2v) is 2.87. The van der Waals surface area contributed by atoms with Gasteiger partial charge < -0.3 is 4.42 Å². The Bertz CT molecular complexity index is 415. The van der Waals surface area contributed by atoms with Crippen molar-refractivity contribution in [1.82, 2.24) is 10.2 Å². The average molecular weight is 186 g/mol. The summed E-state index contributed by atoms with van der Waals surface area (Å²) in [5.41, 5.74) is 2.10. The molecule has 0 N–H and O–H groups in total. The summed E-state index contributed by atoms with van der Waals surface area (Å²) in [5.74, 6) is 0.553. The summed E-state index contributed by atoms with van der Waals surface area (Å²) < 4.78 is 5.08. The van der Waals surface area contributed by atoms with Crippen LogP contribution in [-0.2, 0) is 0 Å². The summed E-state index contributed by atoms with van der Waals surface area (Å²) in [6.45, 7) is 1.99. The number of hydrogen-bond donors (Lipinski definition) is 0. The fourth-order valence-electron chi connectivity index (χ4n) is 1.23. The fraction of sp³-hybridized carbons (Fsp3) is 0.0909. The molecule has 70 valence electrons. The van der Waals surface area contributed by atoms with E-state index in [-0.39, 0.29) is 0 Å². The molecule has 0 aliphatic rings. The molecule has 0 amide bonds. The van der Waals surface area contributed by atoms with E-state index in [1.807, 2.05) is 43.3 Å². The van der Waals surface area contributed by atoms with E-state index < -0.39 is 0 Å². The maximum atomic E-state index is 5.08. The van der Waals surface area contributed by atoms with Crippen molar-refractivity contribution in [2.75, 3.05) is 0 Å². The first-order chi connectivity index (χ1) is 6.90. The zero-order chi connectivity index (χ0) is 9.80. The van der Waals surface area contributed by atoms with E-state index in [0.29, 0.717) is 5.89 Å². The molecule has 0 aliphatic heterocycles. The van der Waals surface area contributed by atoms with Crippen LogP contribution in [0.2, 0.25) is 0 Å². The van der Waals surface area contributed by atoms with Crippen molar-refractivity contribution in [3.63, 3.8) is 0 Å². The molecule has 1 aromatic carbocycles. The first-order valence-corrected chi connectivity index (χ1v) is 4.39. The quantitative estimate of drug-likeness (QED) is 0.723. The monoisotopic (exact) mass is 186 g/mol.